The molecule has 1 fully saturated rings. The smallest absolute Gasteiger partial charge is 0.245 e. The summed E-state index contributed by atoms with van der Waals surface area (Å²) in [7, 11) is -3.92. The Balaban J connectivity index is 1.68. The second kappa shape index (κ2) is 9.38. The van der Waals surface area contributed by atoms with Crippen LogP contribution in [0.5, 0.6) is 0 Å². The maximum Gasteiger partial charge on any atom is 0.245 e. The van der Waals surface area contributed by atoms with Gasteiger partial charge >= 0.3 is 0 Å². The van der Waals surface area contributed by atoms with Crippen molar-refractivity contribution in [2.24, 2.45) is 0 Å². The van der Waals surface area contributed by atoms with Crippen molar-refractivity contribution in [2.75, 3.05) is 6.54 Å². The first-order chi connectivity index (χ1) is 16.1. The van der Waals surface area contributed by atoms with Gasteiger partial charge in [0.2, 0.25) is 17.8 Å². The van der Waals surface area contributed by atoms with Crippen molar-refractivity contribution < 1.29 is 22.4 Å². The molecule has 4 rings (SSSR count). The van der Waals surface area contributed by atoms with E-state index in [0.717, 1.165) is 35.3 Å². The minimum absolute atomic E-state index is 0.137. The van der Waals surface area contributed by atoms with Crippen LogP contribution in [0.4, 0.5) is 4.39 Å². The van der Waals surface area contributed by atoms with E-state index >= 15 is 0 Å². The maximum atomic E-state index is 13.2. The summed E-state index contributed by atoms with van der Waals surface area (Å²) in [4.78, 5) is 33.2. The number of aryl methyl sites for hydroxylation is 1. The van der Waals surface area contributed by atoms with Crippen molar-refractivity contribution in [1.82, 2.24) is 20.6 Å². The molecule has 2 heterocycles. The molecule has 0 bridgehead atoms. The van der Waals surface area contributed by atoms with E-state index in [1.807, 2.05) is 13.0 Å². The van der Waals surface area contributed by atoms with E-state index in [0.29, 0.717) is 15.8 Å². The molecule has 1 aliphatic rings. The number of amides is 2. The summed E-state index contributed by atoms with van der Waals surface area (Å²) in [5.41, 5.74) is 2.92. The number of fused-ring (bicyclic) bond motifs is 1. The van der Waals surface area contributed by atoms with Gasteiger partial charge < -0.3 is 10.6 Å². The van der Waals surface area contributed by atoms with Crippen LogP contribution in [0.2, 0.25) is 0 Å². The largest absolute Gasteiger partial charge is 0.352 e. The lowest BCUT2D eigenvalue weighted by atomic mass is 10.0. The molecule has 1 atom stereocenters. The highest BCUT2D eigenvalue weighted by Gasteiger charge is 2.39. The van der Waals surface area contributed by atoms with Gasteiger partial charge in [0, 0.05) is 17.8 Å². The van der Waals surface area contributed by atoms with Gasteiger partial charge in [-0.2, -0.15) is 4.39 Å². The van der Waals surface area contributed by atoms with Crippen LogP contribution in [-0.2, 0) is 19.4 Å². The van der Waals surface area contributed by atoms with Gasteiger partial charge in [-0.15, -0.1) is 11.3 Å². The molecule has 180 valence electrons. The highest BCUT2D eigenvalue weighted by molar-refractivity contribution is 7.93. The molecule has 2 N–H and O–H groups in total. The molecule has 1 aromatic carbocycles. The SMILES string of the molecule is Cc1cc2nc(C(C(=O)NCC(=O)NC3CC3)S(=O)(=O)C(C)C)sc2cc1-c1ccc(F)nc1. The molecule has 3 aromatic rings. The molecule has 0 saturated heterocycles. The van der Waals surface area contributed by atoms with Crippen molar-refractivity contribution in [2.45, 2.75) is 50.2 Å². The average Bonchev–Trinajstić information content (AvgIpc) is 3.49. The number of halogens is 1. The van der Waals surface area contributed by atoms with Gasteiger partial charge in [-0.05, 0) is 69.0 Å². The molecule has 2 aromatic heterocycles. The standard InChI is InChI=1S/C23H25FN4O4S2/c1-12(2)34(31,32)21(22(30)26-11-20(29)27-15-5-6-15)23-28-17-8-13(3)16(9-18(17)33-23)14-4-7-19(24)25-10-14/h4,7-10,12,15,21H,5-6,11H2,1-3H3,(H,26,30)(H,27,29). The van der Waals surface area contributed by atoms with E-state index in [1.165, 1.54) is 26.1 Å². The summed E-state index contributed by atoms with van der Waals surface area (Å²) in [6, 6.07) is 6.66. The summed E-state index contributed by atoms with van der Waals surface area (Å²) in [6.45, 7) is 4.58. The van der Waals surface area contributed by atoms with Crippen LogP contribution in [0.15, 0.2) is 30.5 Å². The van der Waals surface area contributed by atoms with Gasteiger partial charge in [0.05, 0.1) is 22.0 Å². The summed E-state index contributed by atoms with van der Waals surface area (Å²) in [5, 5.41) is 3.01. The molecule has 1 unspecified atom stereocenters. The van der Waals surface area contributed by atoms with Gasteiger partial charge in [-0.3, -0.25) is 9.59 Å². The molecular formula is C23H25FN4O4S2. The normalized spacial score (nSPS) is 14.9. The highest BCUT2D eigenvalue weighted by Crippen LogP contribution is 2.36. The molecule has 1 saturated carbocycles. The lowest BCUT2D eigenvalue weighted by Gasteiger charge is -2.17. The Morgan fingerprint density at radius 2 is 1.97 bits per heavy atom. The fraction of sp³-hybridized carbons (Fsp3) is 0.391. The predicted octanol–water partition coefficient (Wildman–Crippen LogP) is 3.06. The fourth-order valence-electron chi connectivity index (χ4n) is 3.49. The minimum Gasteiger partial charge on any atom is -0.352 e. The molecule has 1 aliphatic carbocycles. The second-order valence-corrected chi connectivity index (χ2v) is 12.3. The van der Waals surface area contributed by atoms with Crippen molar-refractivity contribution in [3.63, 3.8) is 0 Å². The molecule has 34 heavy (non-hydrogen) atoms. The molecular weight excluding hydrogens is 479 g/mol. The van der Waals surface area contributed by atoms with Crippen LogP contribution in [0.1, 0.15) is 42.5 Å². The summed E-state index contributed by atoms with van der Waals surface area (Å²) < 4.78 is 40.2. The van der Waals surface area contributed by atoms with Crippen LogP contribution >= 0.6 is 11.3 Å². The van der Waals surface area contributed by atoms with E-state index in [-0.39, 0.29) is 23.5 Å². The van der Waals surface area contributed by atoms with Gasteiger partial charge in [0.1, 0.15) is 5.01 Å². The Labute approximate surface area is 200 Å². The van der Waals surface area contributed by atoms with Crippen molar-refractivity contribution in [3.8, 4) is 11.1 Å². The molecule has 8 nitrogen and oxygen atoms in total. The number of nitrogens with zero attached hydrogens (tertiary/aromatic N) is 2. The topological polar surface area (TPSA) is 118 Å². The van der Waals surface area contributed by atoms with E-state index in [2.05, 4.69) is 20.6 Å². The first-order valence-corrected chi connectivity index (χ1v) is 13.3. The molecule has 0 spiro atoms. The Kier molecular flexibility index (Phi) is 6.68. The van der Waals surface area contributed by atoms with Gasteiger partial charge in [-0.25, -0.2) is 18.4 Å². The predicted molar refractivity (Wildman–Crippen MR) is 129 cm³/mol. The third-order valence-corrected chi connectivity index (χ3v) is 9.24. The number of sulfone groups is 1. The zero-order chi connectivity index (χ0) is 24.6. The zero-order valence-electron chi connectivity index (χ0n) is 19.0. The number of thiazole rings is 1. The van der Waals surface area contributed by atoms with E-state index in [9.17, 15) is 22.4 Å². The third-order valence-electron chi connectivity index (χ3n) is 5.60. The highest BCUT2D eigenvalue weighted by atomic mass is 32.2. The van der Waals surface area contributed by atoms with Gasteiger partial charge in [0.25, 0.3) is 0 Å². The first-order valence-electron chi connectivity index (χ1n) is 10.9. The Bertz CT molecular complexity index is 1350. The fourth-order valence-corrected chi connectivity index (χ4v) is 6.27. The zero-order valence-corrected chi connectivity index (χ0v) is 20.6. The van der Waals surface area contributed by atoms with Crippen LogP contribution in [0.3, 0.4) is 0 Å². The van der Waals surface area contributed by atoms with E-state index in [4.69, 9.17) is 0 Å². The summed E-state index contributed by atoms with van der Waals surface area (Å²) in [6.07, 6.45) is 3.24. The average molecular weight is 505 g/mol. The molecule has 11 heteroatoms. The monoisotopic (exact) mass is 504 g/mol. The van der Waals surface area contributed by atoms with E-state index < -0.39 is 32.2 Å². The Hall–Kier alpha value is -2.92. The van der Waals surface area contributed by atoms with E-state index in [1.54, 1.807) is 12.1 Å². The van der Waals surface area contributed by atoms with Crippen molar-refractivity contribution >= 4 is 43.2 Å². The van der Waals surface area contributed by atoms with Crippen LogP contribution in [0, 0.1) is 12.9 Å². The number of pyridine rings is 1. The third kappa shape index (κ3) is 5.10. The number of hydrogen-bond donors (Lipinski definition) is 2. The number of carbonyl (C=O) groups is 2. The lowest BCUT2D eigenvalue weighted by Crippen LogP contribution is -2.42. The number of nitrogens with one attached hydrogen (secondary N) is 2. The maximum absolute atomic E-state index is 13.2. The number of carbonyl (C=O) groups excluding carboxylic acids is 2. The van der Waals surface area contributed by atoms with Crippen LogP contribution < -0.4 is 10.6 Å². The second-order valence-electron chi connectivity index (χ2n) is 8.63. The van der Waals surface area contributed by atoms with Gasteiger partial charge in [0.15, 0.2) is 15.1 Å². The van der Waals surface area contributed by atoms with Crippen molar-refractivity contribution in [1.29, 1.82) is 0 Å². The van der Waals surface area contributed by atoms with Crippen LogP contribution in [-0.4, -0.2) is 48.0 Å². The molecule has 0 aliphatic heterocycles. The Morgan fingerprint density at radius 1 is 1.24 bits per heavy atom. The summed E-state index contributed by atoms with van der Waals surface area (Å²) in [5.74, 6) is -1.71. The number of hydrogen-bond acceptors (Lipinski definition) is 7. The van der Waals surface area contributed by atoms with Crippen LogP contribution in [0.25, 0.3) is 21.3 Å². The number of benzene rings is 1. The first kappa shape index (κ1) is 24.2. The minimum atomic E-state index is -3.92. The summed E-state index contributed by atoms with van der Waals surface area (Å²) >= 11 is 1.11. The Morgan fingerprint density at radius 3 is 2.59 bits per heavy atom. The van der Waals surface area contributed by atoms with Crippen molar-refractivity contribution in [3.05, 3.63) is 47.0 Å². The number of aromatic nitrogens is 2. The molecule has 0 radical (unpaired) electrons. The molecule has 2 amide bonds. The van der Waals surface area contributed by atoms with Gasteiger partial charge in [-0.1, -0.05) is 0 Å². The lowest BCUT2D eigenvalue weighted by molar-refractivity contribution is -0.126. The quantitative estimate of drug-likeness (QED) is 0.455. The number of rotatable bonds is 8.